The molecule has 0 radical (unpaired) electrons. The van der Waals surface area contributed by atoms with Gasteiger partial charge in [0.1, 0.15) is 11.8 Å². The van der Waals surface area contributed by atoms with E-state index in [0.717, 1.165) is 23.4 Å². The Morgan fingerprint density at radius 3 is 2.65 bits per heavy atom. The van der Waals surface area contributed by atoms with E-state index in [9.17, 15) is 4.79 Å². The number of carbonyl (C=O) groups excluding carboxylic acids is 1. The molecule has 8 nitrogen and oxygen atoms in total. The normalized spacial score (nSPS) is 13.0. The van der Waals surface area contributed by atoms with Crippen LogP contribution in [0, 0.1) is 22.7 Å². The summed E-state index contributed by atoms with van der Waals surface area (Å²) in [6, 6.07) is 10.8. The lowest BCUT2D eigenvalue weighted by Crippen LogP contribution is -2.27. The van der Waals surface area contributed by atoms with Crippen molar-refractivity contribution in [2.45, 2.75) is 12.8 Å². The van der Waals surface area contributed by atoms with Gasteiger partial charge in [-0.15, -0.1) is 0 Å². The number of rotatable bonds is 5. The number of nitriles is 2. The summed E-state index contributed by atoms with van der Waals surface area (Å²) in [5.41, 5.74) is 4.06. The van der Waals surface area contributed by atoms with Crippen LogP contribution < -0.4 is 4.90 Å². The highest BCUT2D eigenvalue weighted by Crippen LogP contribution is 2.28. The van der Waals surface area contributed by atoms with E-state index in [4.69, 9.17) is 15.3 Å². The van der Waals surface area contributed by atoms with Crippen LogP contribution in [0.4, 0.5) is 5.69 Å². The molecular weight excluding hydrogens is 392 g/mol. The second-order valence-electron chi connectivity index (χ2n) is 6.94. The maximum atomic E-state index is 13.0. The lowest BCUT2D eigenvalue weighted by Gasteiger charge is -2.17. The van der Waals surface area contributed by atoms with Gasteiger partial charge in [0.25, 0.3) is 5.91 Å². The third-order valence-electron chi connectivity index (χ3n) is 5.07. The van der Waals surface area contributed by atoms with Gasteiger partial charge in [0.15, 0.2) is 12.3 Å². The molecule has 3 aromatic rings. The molecule has 1 aliphatic carbocycles. The molecule has 0 fully saturated rings. The Kier molecular flexibility index (Phi) is 5.46. The number of fused-ring (bicyclic) bond motifs is 1. The number of hydrogen-bond acceptors (Lipinski definition) is 6. The highest BCUT2D eigenvalue weighted by atomic mass is 16.5. The van der Waals surface area contributed by atoms with Crippen molar-refractivity contribution >= 4 is 22.8 Å². The number of nitrogens with zero attached hydrogens (tertiary/aromatic N) is 6. The van der Waals surface area contributed by atoms with Crippen LogP contribution in [-0.2, 0) is 4.74 Å². The van der Waals surface area contributed by atoms with Crippen LogP contribution in [0.5, 0.6) is 0 Å². The van der Waals surface area contributed by atoms with Crippen LogP contribution in [0.2, 0.25) is 0 Å². The van der Waals surface area contributed by atoms with Crippen LogP contribution in [0.1, 0.15) is 34.6 Å². The highest BCUT2D eigenvalue weighted by Gasteiger charge is 2.18. The molecule has 1 aromatic carbocycles. The van der Waals surface area contributed by atoms with Crippen LogP contribution >= 0.6 is 0 Å². The molecule has 0 spiro atoms. The summed E-state index contributed by atoms with van der Waals surface area (Å²) in [6.07, 6.45) is 10.3. The number of benzene rings is 1. The van der Waals surface area contributed by atoms with Gasteiger partial charge < -0.3 is 9.64 Å². The monoisotopic (exact) mass is 410 g/mol. The molecular formula is C23H18N6O2. The van der Waals surface area contributed by atoms with E-state index < -0.39 is 0 Å². The largest absolute Gasteiger partial charge is 0.483 e. The van der Waals surface area contributed by atoms with E-state index in [1.165, 1.54) is 4.90 Å². The van der Waals surface area contributed by atoms with Crippen molar-refractivity contribution in [3.05, 3.63) is 77.7 Å². The minimum atomic E-state index is -0.268. The molecule has 1 aliphatic rings. The van der Waals surface area contributed by atoms with E-state index in [1.807, 2.05) is 22.6 Å². The van der Waals surface area contributed by atoms with E-state index in [2.05, 4.69) is 16.0 Å². The molecule has 1 amide bonds. The molecule has 8 heteroatoms. The molecule has 0 atom stereocenters. The number of carbonyl (C=O) groups is 1. The summed E-state index contributed by atoms with van der Waals surface area (Å²) in [6.45, 7) is 0.0362. The second-order valence-corrected chi connectivity index (χ2v) is 6.94. The quantitative estimate of drug-likeness (QED) is 0.637. The lowest BCUT2D eigenvalue weighted by molar-refractivity contribution is 0.0988. The van der Waals surface area contributed by atoms with Gasteiger partial charge in [-0.05, 0) is 42.3 Å². The van der Waals surface area contributed by atoms with Crippen LogP contribution in [0.25, 0.3) is 11.2 Å². The first-order valence-corrected chi connectivity index (χ1v) is 9.62. The van der Waals surface area contributed by atoms with Gasteiger partial charge >= 0.3 is 0 Å². The first kappa shape index (κ1) is 19.9. The number of amides is 1. The van der Waals surface area contributed by atoms with Crippen molar-refractivity contribution in [1.29, 1.82) is 10.5 Å². The third kappa shape index (κ3) is 4.00. The zero-order valence-corrected chi connectivity index (χ0v) is 16.8. The van der Waals surface area contributed by atoms with Crippen molar-refractivity contribution < 1.29 is 9.53 Å². The van der Waals surface area contributed by atoms with Crippen LogP contribution in [0.15, 0.2) is 60.8 Å². The second kappa shape index (κ2) is 8.52. The number of imidazole rings is 1. The fraction of sp³-hybridized carbons (Fsp3) is 0.174. The van der Waals surface area contributed by atoms with Crippen LogP contribution in [0.3, 0.4) is 0 Å². The fourth-order valence-corrected chi connectivity index (χ4v) is 3.36. The Morgan fingerprint density at radius 2 is 1.97 bits per heavy atom. The van der Waals surface area contributed by atoms with Crippen molar-refractivity contribution in [2.24, 2.45) is 0 Å². The predicted molar refractivity (Wildman–Crippen MR) is 114 cm³/mol. The average Bonchev–Trinajstić information content (AvgIpc) is 3.25. The molecule has 2 aromatic heterocycles. The standard InChI is InChI=1S/C23H18N6O2/c1-28(18-6-2-16(12-25)3-7-18)23(30)20-15-29-21(13-27-22(29)14-26-20)17-4-8-19(9-5-17)31-11-10-24/h2-4,6-8,13-15H,5,9,11H2,1H3. The summed E-state index contributed by atoms with van der Waals surface area (Å²) in [7, 11) is 1.67. The number of ether oxygens (including phenoxy) is 1. The van der Waals surface area contributed by atoms with Crippen LogP contribution in [-0.4, -0.2) is 33.9 Å². The molecule has 0 saturated carbocycles. The van der Waals surface area contributed by atoms with E-state index >= 15 is 0 Å². The summed E-state index contributed by atoms with van der Waals surface area (Å²) in [4.78, 5) is 23.2. The average molecular weight is 410 g/mol. The number of aromatic nitrogens is 3. The Bertz CT molecular complexity index is 1290. The van der Waals surface area contributed by atoms with Crippen molar-refractivity contribution in [1.82, 2.24) is 14.4 Å². The Balaban J connectivity index is 1.62. The summed E-state index contributed by atoms with van der Waals surface area (Å²) >= 11 is 0. The zero-order valence-electron chi connectivity index (χ0n) is 16.8. The molecule has 31 heavy (non-hydrogen) atoms. The van der Waals surface area contributed by atoms with Crippen molar-refractivity contribution in [3.63, 3.8) is 0 Å². The van der Waals surface area contributed by atoms with Gasteiger partial charge in [0, 0.05) is 25.4 Å². The maximum absolute atomic E-state index is 13.0. The highest BCUT2D eigenvalue weighted by molar-refractivity contribution is 6.04. The number of anilines is 1. The number of allylic oxidation sites excluding steroid dienone is 4. The third-order valence-corrected chi connectivity index (χ3v) is 5.07. The first-order chi connectivity index (χ1) is 15.1. The SMILES string of the molecule is CN(C(=O)c1cn2c(C3=CC=C(OCC#N)CC3)cnc2cn1)c1ccc(C#N)cc1. The summed E-state index contributed by atoms with van der Waals surface area (Å²) in [5, 5.41) is 17.6. The van der Waals surface area contributed by atoms with Crippen molar-refractivity contribution in [2.75, 3.05) is 18.6 Å². The van der Waals surface area contributed by atoms with Gasteiger partial charge in [0.05, 0.1) is 35.5 Å². The topological polar surface area (TPSA) is 107 Å². The van der Waals surface area contributed by atoms with Gasteiger partial charge in [-0.1, -0.05) is 6.08 Å². The smallest absolute Gasteiger partial charge is 0.278 e. The molecule has 2 heterocycles. The minimum absolute atomic E-state index is 0.0362. The first-order valence-electron chi connectivity index (χ1n) is 9.62. The maximum Gasteiger partial charge on any atom is 0.278 e. The van der Waals surface area contributed by atoms with Gasteiger partial charge in [0.2, 0.25) is 0 Å². The number of hydrogen-bond donors (Lipinski definition) is 0. The zero-order chi connectivity index (χ0) is 21.8. The van der Waals surface area contributed by atoms with E-state index in [-0.39, 0.29) is 18.2 Å². The Hall–Kier alpha value is -4.43. The van der Waals surface area contributed by atoms with E-state index in [1.54, 1.807) is 49.9 Å². The molecule has 0 bridgehead atoms. The lowest BCUT2D eigenvalue weighted by atomic mass is 10.0. The fourth-order valence-electron chi connectivity index (χ4n) is 3.36. The predicted octanol–water partition coefficient (Wildman–Crippen LogP) is 3.48. The minimum Gasteiger partial charge on any atom is -0.483 e. The summed E-state index contributed by atoms with van der Waals surface area (Å²) < 4.78 is 7.23. The molecule has 152 valence electrons. The molecule has 0 aliphatic heterocycles. The Morgan fingerprint density at radius 1 is 1.16 bits per heavy atom. The molecule has 4 rings (SSSR count). The molecule has 0 unspecified atom stereocenters. The molecule has 0 N–H and O–H groups in total. The van der Waals surface area contributed by atoms with Gasteiger partial charge in [-0.2, -0.15) is 10.5 Å². The summed E-state index contributed by atoms with van der Waals surface area (Å²) in [5.74, 6) is 0.511. The van der Waals surface area contributed by atoms with E-state index in [0.29, 0.717) is 23.3 Å². The molecule has 0 saturated heterocycles. The van der Waals surface area contributed by atoms with Gasteiger partial charge in [-0.3, -0.25) is 9.20 Å². The van der Waals surface area contributed by atoms with Crippen molar-refractivity contribution in [3.8, 4) is 12.1 Å². The van der Waals surface area contributed by atoms with Gasteiger partial charge in [-0.25, -0.2) is 9.97 Å². The Labute approximate surface area is 178 Å².